The molecule has 9 nitrogen and oxygen atoms in total. The van der Waals surface area contributed by atoms with Gasteiger partial charge in [0.15, 0.2) is 0 Å². The lowest BCUT2D eigenvalue weighted by Gasteiger charge is -2.28. The Bertz CT molecular complexity index is 1240. The van der Waals surface area contributed by atoms with Crippen LogP contribution in [-0.4, -0.2) is 60.0 Å². The van der Waals surface area contributed by atoms with Gasteiger partial charge in [0.05, 0.1) is 18.2 Å². The lowest BCUT2D eigenvalue weighted by Crippen LogP contribution is -2.50. The third kappa shape index (κ3) is 7.84. The molecule has 0 aliphatic heterocycles. The van der Waals surface area contributed by atoms with Crippen molar-refractivity contribution in [3.05, 3.63) is 47.5 Å². The third-order valence-corrected chi connectivity index (χ3v) is 7.44. The average Bonchev–Trinajstić information content (AvgIpc) is 3.85. The summed E-state index contributed by atoms with van der Waals surface area (Å²) in [4.78, 5) is 39.3. The molecule has 1 heterocycles. The summed E-state index contributed by atoms with van der Waals surface area (Å²) in [7, 11) is 1.27. The number of benzene rings is 1. The van der Waals surface area contributed by atoms with E-state index < -0.39 is 48.2 Å². The van der Waals surface area contributed by atoms with Crippen LogP contribution in [0.3, 0.4) is 0 Å². The highest BCUT2D eigenvalue weighted by Crippen LogP contribution is 2.51. The van der Waals surface area contributed by atoms with Gasteiger partial charge in [-0.1, -0.05) is 6.07 Å². The van der Waals surface area contributed by atoms with Crippen molar-refractivity contribution in [2.75, 3.05) is 25.6 Å². The summed E-state index contributed by atoms with van der Waals surface area (Å²) in [5.74, 6) is -3.60. The van der Waals surface area contributed by atoms with Gasteiger partial charge in [0.25, 0.3) is 5.91 Å². The van der Waals surface area contributed by atoms with Crippen LogP contribution >= 0.6 is 0 Å². The molecule has 13 heteroatoms. The molecule has 2 aliphatic rings. The molecule has 2 aliphatic carbocycles. The summed E-state index contributed by atoms with van der Waals surface area (Å²) in [5, 5.41) is 11.5. The largest absolute Gasteiger partial charge is 0.405 e. The fourth-order valence-electron chi connectivity index (χ4n) is 5.21. The molecule has 2 saturated carbocycles. The molecular formula is C28H35F4N5O4. The maximum absolute atomic E-state index is 15.2. The van der Waals surface area contributed by atoms with Gasteiger partial charge in [-0.25, -0.2) is 4.39 Å². The number of hydrogen-bond acceptors (Lipinski definition) is 5. The number of carbonyl (C=O) groups is 3. The van der Waals surface area contributed by atoms with E-state index >= 15 is 4.39 Å². The van der Waals surface area contributed by atoms with Crippen molar-refractivity contribution in [2.24, 2.45) is 17.8 Å². The molecule has 2 fully saturated rings. The van der Waals surface area contributed by atoms with E-state index in [-0.39, 0.29) is 41.7 Å². The quantitative estimate of drug-likeness (QED) is 0.307. The molecule has 2 atom stereocenters. The topological polar surface area (TPSA) is 114 Å². The van der Waals surface area contributed by atoms with Crippen molar-refractivity contribution in [2.45, 2.75) is 63.7 Å². The van der Waals surface area contributed by atoms with Crippen molar-refractivity contribution in [1.29, 1.82) is 0 Å². The predicted octanol–water partition coefficient (Wildman–Crippen LogP) is 4.18. The lowest BCUT2D eigenvalue weighted by molar-refractivity contribution is -0.140. The van der Waals surface area contributed by atoms with Crippen LogP contribution in [0.5, 0.6) is 0 Å². The zero-order chi connectivity index (χ0) is 29.9. The van der Waals surface area contributed by atoms with E-state index in [0.717, 1.165) is 31.7 Å². The number of anilines is 1. The molecule has 1 aromatic heterocycles. The van der Waals surface area contributed by atoms with Gasteiger partial charge in [-0.2, -0.15) is 18.3 Å². The Morgan fingerprint density at radius 2 is 1.73 bits per heavy atom. The van der Waals surface area contributed by atoms with Gasteiger partial charge in [-0.05, 0) is 81.0 Å². The van der Waals surface area contributed by atoms with E-state index in [0.29, 0.717) is 5.69 Å². The Labute approximate surface area is 235 Å². The normalized spacial score (nSPS) is 16.9. The van der Waals surface area contributed by atoms with Crippen LogP contribution in [0.4, 0.5) is 23.2 Å². The van der Waals surface area contributed by atoms with E-state index in [1.807, 2.05) is 13.8 Å². The van der Waals surface area contributed by atoms with Crippen LogP contribution in [-0.2, 0) is 14.3 Å². The highest BCUT2D eigenvalue weighted by molar-refractivity contribution is 6.01. The smallest absolute Gasteiger partial charge is 0.384 e. The van der Waals surface area contributed by atoms with Crippen molar-refractivity contribution in [1.82, 2.24) is 20.4 Å². The standard InChI is InChI=1S/C28H35F4N5O4/c1-15(2)37-22(10-11-34-37)26(39)36-24(23(16-4-5-16)17-6-7-17)27(40)35-21-9-8-18(12-20(21)29)19(13-41-3)25(38)33-14-28(30,31)32/h8-12,15-17,19,23-24H,4-7,13-14H2,1-3H3,(H,33,38)(H,35,40)(H,36,39)/t19-,24+/m1/s1. The molecule has 3 amide bonds. The molecule has 1 aromatic carbocycles. The first-order valence-electron chi connectivity index (χ1n) is 13.7. The van der Waals surface area contributed by atoms with Crippen LogP contribution in [0.1, 0.15) is 67.5 Å². The van der Waals surface area contributed by atoms with Gasteiger partial charge < -0.3 is 20.7 Å². The van der Waals surface area contributed by atoms with Gasteiger partial charge in [-0.3, -0.25) is 19.1 Å². The number of aromatic nitrogens is 2. The van der Waals surface area contributed by atoms with Gasteiger partial charge in [0.2, 0.25) is 11.8 Å². The van der Waals surface area contributed by atoms with Crippen molar-refractivity contribution >= 4 is 23.4 Å². The maximum atomic E-state index is 15.2. The van der Waals surface area contributed by atoms with Gasteiger partial charge in [-0.15, -0.1) is 0 Å². The molecule has 0 unspecified atom stereocenters. The van der Waals surface area contributed by atoms with Gasteiger partial charge in [0, 0.05) is 19.3 Å². The molecule has 0 spiro atoms. The van der Waals surface area contributed by atoms with Crippen LogP contribution in [0, 0.1) is 23.6 Å². The zero-order valence-electron chi connectivity index (χ0n) is 23.1. The Morgan fingerprint density at radius 1 is 1.07 bits per heavy atom. The number of alkyl halides is 3. The number of halogens is 4. The second kappa shape index (κ2) is 12.6. The first kappa shape index (κ1) is 30.5. The minimum atomic E-state index is -4.61. The monoisotopic (exact) mass is 581 g/mol. The van der Waals surface area contributed by atoms with Crippen molar-refractivity contribution in [3.8, 4) is 0 Å². The highest BCUT2D eigenvalue weighted by Gasteiger charge is 2.48. The molecule has 0 radical (unpaired) electrons. The van der Waals surface area contributed by atoms with Crippen LogP contribution in [0.2, 0.25) is 0 Å². The Kier molecular flexibility index (Phi) is 9.35. The Balaban J connectivity index is 1.53. The van der Waals surface area contributed by atoms with Crippen molar-refractivity contribution in [3.63, 3.8) is 0 Å². The van der Waals surface area contributed by atoms with E-state index in [1.165, 1.54) is 25.4 Å². The lowest BCUT2D eigenvalue weighted by atomic mass is 9.88. The first-order chi connectivity index (χ1) is 19.4. The number of methoxy groups -OCH3 is 1. The predicted molar refractivity (Wildman–Crippen MR) is 142 cm³/mol. The summed E-state index contributed by atoms with van der Waals surface area (Å²) in [5.41, 5.74) is 0.219. The summed E-state index contributed by atoms with van der Waals surface area (Å²) >= 11 is 0. The summed E-state index contributed by atoms with van der Waals surface area (Å²) in [6.45, 7) is 1.96. The Hall–Kier alpha value is -3.48. The van der Waals surface area contributed by atoms with Gasteiger partial charge >= 0.3 is 6.18 Å². The molecule has 3 N–H and O–H groups in total. The number of rotatable bonds is 13. The second-order valence-corrected chi connectivity index (χ2v) is 11.0. The number of ether oxygens (including phenoxy) is 1. The average molecular weight is 582 g/mol. The van der Waals surface area contributed by atoms with Crippen LogP contribution in [0.25, 0.3) is 0 Å². The van der Waals surface area contributed by atoms with E-state index in [2.05, 4.69) is 15.7 Å². The minimum Gasteiger partial charge on any atom is -0.384 e. The highest BCUT2D eigenvalue weighted by atomic mass is 19.4. The molecule has 0 bridgehead atoms. The molecule has 4 rings (SSSR count). The number of carbonyl (C=O) groups excluding carboxylic acids is 3. The summed E-state index contributed by atoms with van der Waals surface area (Å²) in [6.07, 6.45) is 0.707. The molecule has 41 heavy (non-hydrogen) atoms. The number of nitrogens with one attached hydrogen (secondary N) is 3. The first-order valence-corrected chi connectivity index (χ1v) is 13.7. The van der Waals surface area contributed by atoms with Crippen LogP contribution < -0.4 is 16.0 Å². The summed E-state index contributed by atoms with van der Waals surface area (Å²) in [6, 6.07) is 4.17. The second-order valence-electron chi connectivity index (χ2n) is 11.0. The number of nitrogens with zero attached hydrogens (tertiary/aromatic N) is 2. The maximum Gasteiger partial charge on any atom is 0.405 e. The zero-order valence-corrected chi connectivity index (χ0v) is 23.1. The SMILES string of the molecule is COC[C@@H](C(=O)NCC(F)(F)F)c1ccc(NC(=O)[C@@H](NC(=O)c2ccnn2C(C)C)C(C2CC2)C2CC2)c(F)c1. The van der Waals surface area contributed by atoms with E-state index in [9.17, 15) is 27.6 Å². The Morgan fingerprint density at radius 3 is 2.27 bits per heavy atom. The van der Waals surface area contributed by atoms with Crippen molar-refractivity contribution < 1.29 is 36.7 Å². The molecular weight excluding hydrogens is 546 g/mol. The number of amides is 3. The van der Waals surface area contributed by atoms with E-state index in [4.69, 9.17) is 4.74 Å². The fraction of sp³-hybridized carbons (Fsp3) is 0.571. The van der Waals surface area contributed by atoms with Gasteiger partial charge in [0.1, 0.15) is 24.1 Å². The number of hydrogen-bond donors (Lipinski definition) is 3. The third-order valence-electron chi connectivity index (χ3n) is 7.44. The summed E-state index contributed by atoms with van der Waals surface area (Å²) < 4.78 is 59.5. The molecule has 0 saturated heterocycles. The fourth-order valence-corrected chi connectivity index (χ4v) is 5.21. The minimum absolute atomic E-state index is 0.0780. The molecule has 224 valence electrons. The van der Waals surface area contributed by atoms with Crippen LogP contribution in [0.15, 0.2) is 30.5 Å². The van der Waals surface area contributed by atoms with E-state index in [1.54, 1.807) is 16.1 Å². The molecule has 2 aromatic rings.